The molecule has 1 aliphatic carbocycles. The number of thiazole rings is 1. The molecule has 3 aromatic heterocycles. The van der Waals surface area contributed by atoms with E-state index in [1.165, 1.54) is 16.3 Å². The lowest BCUT2D eigenvalue weighted by Gasteiger charge is -2.35. The van der Waals surface area contributed by atoms with Gasteiger partial charge < -0.3 is 25.1 Å². The highest BCUT2D eigenvalue weighted by molar-refractivity contribution is 7.10. The molecule has 2 amide bonds. The number of nitrogens with zero attached hydrogens (tertiary/aromatic N) is 4. The van der Waals surface area contributed by atoms with Crippen molar-refractivity contribution >= 4 is 40.0 Å². The zero-order valence-electron chi connectivity index (χ0n) is 33.2. The largest absolute Gasteiger partial charge is 0.464 e. The van der Waals surface area contributed by atoms with Crippen LogP contribution in [0.2, 0.25) is 0 Å². The summed E-state index contributed by atoms with van der Waals surface area (Å²) in [7, 11) is 1.70. The fraction of sp³-hybridized carbons (Fsp3) is 0.432. The number of methoxy groups -OCH3 is 1. The van der Waals surface area contributed by atoms with Crippen LogP contribution in [0.5, 0.6) is 0 Å². The lowest BCUT2D eigenvalue weighted by atomic mass is 9.84. The van der Waals surface area contributed by atoms with E-state index < -0.39 is 35.4 Å². The first-order chi connectivity index (χ1) is 27.5. The summed E-state index contributed by atoms with van der Waals surface area (Å²) in [6.07, 6.45) is 3.97. The number of ether oxygens (including phenoxy) is 2. The minimum atomic E-state index is -0.939. The number of benzene rings is 2. The van der Waals surface area contributed by atoms with E-state index in [1.807, 2.05) is 42.6 Å². The van der Waals surface area contributed by atoms with Crippen molar-refractivity contribution < 1.29 is 23.9 Å². The Morgan fingerprint density at radius 2 is 1.98 bits per heavy atom. The third-order valence-corrected chi connectivity index (χ3v) is 12.7. The number of carbonyl (C=O) groups excluding carboxylic acids is 3. The summed E-state index contributed by atoms with van der Waals surface area (Å²) in [5.74, 6) is -1.54. The molecule has 5 heterocycles. The van der Waals surface area contributed by atoms with E-state index in [-0.39, 0.29) is 30.9 Å². The molecular weight excluding hydrogens is 739 g/mol. The minimum absolute atomic E-state index is 0.169. The monoisotopic (exact) mass is 789 g/mol. The van der Waals surface area contributed by atoms with Gasteiger partial charge in [-0.05, 0) is 80.5 Å². The van der Waals surface area contributed by atoms with E-state index in [0.717, 1.165) is 62.3 Å². The van der Waals surface area contributed by atoms with Gasteiger partial charge in [-0.15, -0.1) is 11.3 Å². The maximum atomic E-state index is 14.4. The van der Waals surface area contributed by atoms with Crippen LogP contribution in [0.25, 0.3) is 33.4 Å². The number of cyclic esters (lactones) is 1. The first kappa shape index (κ1) is 38.9. The van der Waals surface area contributed by atoms with Gasteiger partial charge in [-0.25, -0.2) is 10.4 Å². The van der Waals surface area contributed by atoms with Crippen LogP contribution in [0.4, 0.5) is 0 Å². The normalized spacial score (nSPS) is 22.8. The second-order valence-electron chi connectivity index (χ2n) is 16.3. The van der Waals surface area contributed by atoms with Gasteiger partial charge in [0.05, 0.1) is 40.7 Å². The van der Waals surface area contributed by atoms with Gasteiger partial charge in [0.25, 0.3) is 5.91 Å². The number of aromatic nitrogens is 3. The highest BCUT2D eigenvalue weighted by atomic mass is 32.1. The molecule has 1 saturated heterocycles. The molecular formula is C44H51N7O5S. The van der Waals surface area contributed by atoms with Gasteiger partial charge in [0.2, 0.25) is 5.91 Å². The Bertz CT molecular complexity index is 2330. The second-order valence-corrected chi connectivity index (χ2v) is 17.2. The highest BCUT2D eigenvalue weighted by Crippen LogP contribution is 2.42. The summed E-state index contributed by atoms with van der Waals surface area (Å²) in [4.78, 5) is 51.9. The molecule has 1 fully saturated rings. The Balaban J connectivity index is 1.21. The van der Waals surface area contributed by atoms with Crippen molar-refractivity contribution in [2.75, 3.05) is 20.3 Å². The number of fused-ring (bicyclic) bond motifs is 7. The molecule has 12 nitrogen and oxygen atoms in total. The standard InChI is InChI=1S/C44H51N7O5S/c1-6-50-36-16-15-27-20-30(36)32(40(50)29-13-9-17-46-39(29)25(2)55-5)22-44(3,4)24-56-43(54)33-14-10-18-51(49-33)42(53)34(21-37-47-35(27)23-57-37)48-41(52)31-19-26-11-7-8-12-28(26)38(31)45/h7-9,11-13,15-17,20,23,25,31,33-34,38,49H,6,10,14,18-19,21-22,24,45H2,1-5H3,(H,48,52)/t25-,31-,33-,34-,38+/m0/s1. The number of hydrazine groups is 1. The number of hydrogen-bond donors (Lipinski definition) is 3. The second kappa shape index (κ2) is 15.8. The van der Waals surface area contributed by atoms with Crippen LogP contribution in [0.1, 0.15) is 80.1 Å². The molecule has 0 spiro atoms. The third-order valence-electron chi connectivity index (χ3n) is 11.8. The zero-order valence-corrected chi connectivity index (χ0v) is 34.0. The predicted molar refractivity (Wildman–Crippen MR) is 220 cm³/mol. The van der Waals surface area contributed by atoms with Crippen LogP contribution < -0.4 is 16.5 Å². The summed E-state index contributed by atoms with van der Waals surface area (Å²) in [5.41, 5.74) is 18.1. The summed E-state index contributed by atoms with van der Waals surface area (Å²) in [6, 6.07) is 16.2. The third kappa shape index (κ3) is 7.49. The summed E-state index contributed by atoms with van der Waals surface area (Å²) in [5, 5.41) is 8.34. The fourth-order valence-corrected chi connectivity index (χ4v) is 9.57. The van der Waals surface area contributed by atoms with E-state index in [0.29, 0.717) is 37.2 Å². The molecule has 0 radical (unpaired) electrons. The van der Waals surface area contributed by atoms with Gasteiger partial charge >= 0.3 is 5.97 Å². The Kier molecular flexibility index (Phi) is 10.8. The predicted octanol–water partition coefficient (Wildman–Crippen LogP) is 6.07. The van der Waals surface area contributed by atoms with E-state index in [1.54, 1.807) is 13.3 Å². The number of rotatable bonds is 6. The maximum absolute atomic E-state index is 14.4. The van der Waals surface area contributed by atoms with Crippen LogP contribution in [0, 0.1) is 11.3 Å². The van der Waals surface area contributed by atoms with E-state index >= 15 is 0 Å². The minimum Gasteiger partial charge on any atom is -0.464 e. The molecule has 0 saturated carbocycles. The van der Waals surface area contributed by atoms with Crippen LogP contribution in [0.3, 0.4) is 0 Å². The molecule has 2 aliphatic heterocycles. The molecule has 13 heteroatoms. The summed E-state index contributed by atoms with van der Waals surface area (Å²) >= 11 is 1.46. The summed E-state index contributed by atoms with van der Waals surface area (Å²) in [6.45, 7) is 9.66. The molecule has 3 aliphatic rings. The van der Waals surface area contributed by atoms with Crippen molar-refractivity contribution in [2.24, 2.45) is 17.1 Å². The van der Waals surface area contributed by atoms with Gasteiger partial charge in [-0.1, -0.05) is 44.2 Å². The van der Waals surface area contributed by atoms with Gasteiger partial charge in [0, 0.05) is 71.7 Å². The van der Waals surface area contributed by atoms with Crippen molar-refractivity contribution in [3.8, 4) is 22.5 Å². The van der Waals surface area contributed by atoms with Gasteiger partial charge in [-0.2, -0.15) is 0 Å². The number of esters is 1. The number of carbonyl (C=O) groups is 3. The van der Waals surface area contributed by atoms with Crippen molar-refractivity contribution in [3.05, 3.63) is 93.6 Å². The number of nitrogens with two attached hydrogens (primary N) is 1. The van der Waals surface area contributed by atoms with Crippen LogP contribution in [0.15, 0.2) is 66.2 Å². The fourth-order valence-electron chi connectivity index (χ4n) is 8.72. The molecule has 4 N–H and O–H groups in total. The lowest BCUT2D eigenvalue weighted by molar-refractivity contribution is -0.155. The van der Waals surface area contributed by atoms with E-state index in [4.69, 9.17) is 25.2 Å². The Morgan fingerprint density at radius 3 is 2.77 bits per heavy atom. The summed E-state index contributed by atoms with van der Waals surface area (Å²) < 4.78 is 14.2. The smallest absolute Gasteiger partial charge is 0.324 e. The highest BCUT2D eigenvalue weighted by Gasteiger charge is 2.39. The van der Waals surface area contributed by atoms with Gasteiger partial charge in [-0.3, -0.25) is 24.4 Å². The average molecular weight is 790 g/mol. The molecule has 5 aromatic rings. The van der Waals surface area contributed by atoms with Crippen LogP contribution in [-0.2, 0) is 49.7 Å². The quantitative estimate of drug-likeness (QED) is 0.174. The average Bonchev–Trinajstić information content (AvgIpc) is 3.92. The molecule has 57 heavy (non-hydrogen) atoms. The number of hydrogen-bond acceptors (Lipinski definition) is 10. The first-order valence-electron chi connectivity index (χ1n) is 19.9. The van der Waals surface area contributed by atoms with Gasteiger partial charge in [0.15, 0.2) is 0 Å². The van der Waals surface area contributed by atoms with Crippen molar-refractivity contribution in [2.45, 2.75) is 90.6 Å². The Morgan fingerprint density at radius 1 is 1.16 bits per heavy atom. The van der Waals surface area contributed by atoms with Crippen LogP contribution in [-0.4, -0.2) is 69.7 Å². The SMILES string of the molecule is CCn1c(-c2cccnc2[C@H](C)OC)c2c3cc(ccc31)-c1csc(n1)C[C@H](NC(=O)[C@H]1Cc3ccccc3[C@H]1N)C(=O)N1CCC[C@H](N1)C(=O)OCC(C)(C)C2. The topological polar surface area (TPSA) is 154 Å². The van der Waals surface area contributed by atoms with Crippen molar-refractivity contribution in [1.29, 1.82) is 0 Å². The van der Waals surface area contributed by atoms with Crippen molar-refractivity contribution in [1.82, 2.24) is 30.3 Å². The first-order valence-corrected chi connectivity index (χ1v) is 20.8. The Labute approximate surface area is 337 Å². The molecule has 0 unspecified atom stereocenters. The maximum Gasteiger partial charge on any atom is 0.324 e. The van der Waals surface area contributed by atoms with E-state index in [2.05, 4.69) is 60.3 Å². The number of nitrogens with one attached hydrogen (secondary N) is 2. The van der Waals surface area contributed by atoms with Crippen molar-refractivity contribution in [3.63, 3.8) is 0 Å². The number of aryl methyl sites for hydroxylation is 1. The molecule has 8 rings (SSSR count). The lowest BCUT2D eigenvalue weighted by Crippen LogP contribution is -2.61. The Hall–Kier alpha value is -4.95. The molecule has 5 atom stereocenters. The van der Waals surface area contributed by atoms with Gasteiger partial charge in [0.1, 0.15) is 12.1 Å². The van der Waals surface area contributed by atoms with Crippen LogP contribution >= 0.6 is 11.3 Å². The molecule has 2 aromatic carbocycles. The zero-order chi connectivity index (χ0) is 40.0. The molecule has 298 valence electrons. The number of amides is 2. The van der Waals surface area contributed by atoms with E-state index in [9.17, 15) is 14.4 Å². The number of pyridine rings is 1. The molecule has 6 bridgehead atoms.